The van der Waals surface area contributed by atoms with Crippen LogP contribution in [0.4, 0.5) is 5.13 Å². The van der Waals surface area contributed by atoms with Gasteiger partial charge < -0.3 is 14.2 Å². The SMILES string of the molecule is COc1ccc([C@@H]2CC(c3cccs3)=NN2c2nc(-c3cc(OC)ccc3OC)cs2)cc1. The van der Waals surface area contributed by atoms with Gasteiger partial charge in [-0.1, -0.05) is 18.2 Å². The highest BCUT2D eigenvalue weighted by atomic mass is 32.1. The predicted octanol–water partition coefficient (Wildman–Crippen LogP) is 6.25. The van der Waals surface area contributed by atoms with Crippen LogP contribution in [0, 0.1) is 0 Å². The molecule has 2 aromatic heterocycles. The first kappa shape index (κ1) is 21.5. The lowest BCUT2D eigenvalue weighted by Gasteiger charge is -2.21. The second kappa shape index (κ2) is 9.25. The number of methoxy groups -OCH3 is 3. The van der Waals surface area contributed by atoms with Crippen molar-refractivity contribution in [3.63, 3.8) is 0 Å². The molecule has 0 bridgehead atoms. The number of thiophene rings is 1. The highest BCUT2D eigenvalue weighted by Crippen LogP contribution is 2.42. The van der Waals surface area contributed by atoms with Crippen LogP contribution >= 0.6 is 22.7 Å². The molecule has 168 valence electrons. The largest absolute Gasteiger partial charge is 0.497 e. The van der Waals surface area contributed by atoms with Crippen LogP contribution in [-0.2, 0) is 0 Å². The Bertz CT molecular complexity index is 1270. The molecule has 2 aromatic carbocycles. The van der Waals surface area contributed by atoms with Crippen LogP contribution in [0.2, 0.25) is 0 Å². The van der Waals surface area contributed by atoms with Crippen LogP contribution in [0.15, 0.2) is 70.5 Å². The highest BCUT2D eigenvalue weighted by molar-refractivity contribution is 7.14. The molecule has 6 nitrogen and oxygen atoms in total. The van der Waals surface area contributed by atoms with Gasteiger partial charge in [0.15, 0.2) is 0 Å². The van der Waals surface area contributed by atoms with Crippen molar-refractivity contribution in [2.24, 2.45) is 5.10 Å². The molecular weight excluding hydrogens is 454 g/mol. The van der Waals surface area contributed by atoms with E-state index >= 15 is 0 Å². The van der Waals surface area contributed by atoms with E-state index in [-0.39, 0.29) is 6.04 Å². The minimum Gasteiger partial charge on any atom is -0.497 e. The third-order valence-electron chi connectivity index (χ3n) is 5.59. The molecule has 33 heavy (non-hydrogen) atoms. The molecule has 0 amide bonds. The summed E-state index contributed by atoms with van der Waals surface area (Å²) in [5.41, 5.74) is 3.96. The van der Waals surface area contributed by atoms with E-state index in [1.165, 1.54) is 10.4 Å². The number of nitrogens with zero attached hydrogens (tertiary/aromatic N) is 3. The third-order valence-corrected chi connectivity index (χ3v) is 7.34. The van der Waals surface area contributed by atoms with Gasteiger partial charge in [0, 0.05) is 17.4 Å². The van der Waals surface area contributed by atoms with Crippen molar-refractivity contribution >= 4 is 33.5 Å². The fraction of sp³-hybridized carbons (Fsp3) is 0.200. The Hall–Kier alpha value is -3.36. The van der Waals surface area contributed by atoms with Gasteiger partial charge in [-0.25, -0.2) is 9.99 Å². The molecule has 8 heteroatoms. The molecule has 1 atom stereocenters. The Labute approximate surface area is 200 Å². The average molecular weight is 478 g/mol. The quantitative estimate of drug-likeness (QED) is 0.315. The fourth-order valence-electron chi connectivity index (χ4n) is 3.87. The second-order valence-electron chi connectivity index (χ2n) is 7.44. The predicted molar refractivity (Wildman–Crippen MR) is 134 cm³/mol. The summed E-state index contributed by atoms with van der Waals surface area (Å²) in [6.45, 7) is 0. The first-order valence-corrected chi connectivity index (χ1v) is 12.2. The zero-order valence-corrected chi connectivity index (χ0v) is 20.2. The van der Waals surface area contributed by atoms with E-state index in [1.807, 2.05) is 40.7 Å². The first-order valence-electron chi connectivity index (χ1n) is 10.4. The Morgan fingerprint density at radius 3 is 2.39 bits per heavy atom. The first-order chi connectivity index (χ1) is 16.2. The molecule has 0 spiro atoms. The van der Waals surface area contributed by atoms with Crippen molar-refractivity contribution in [1.29, 1.82) is 0 Å². The van der Waals surface area contributed by atoms with Crippen LogP contribution in [0.3, 0.4) is 0 Å². The van der Waals surface area contributed by atoms with Gasteiger partial charge in [-0.15, -0.1) is 22.7 Å². The van der Waals surface area contributed by atoms with E-state index < -0.39 is 0 Å². The summed E-state index contributed by atoms with van der Waals surface area (Å²) in [4.78, 5) is 6.13. The molecule has 1 aliphatic rings. The van der Waals surface area contributed by atoms with E-state index in [0.717, 1.165) is 45.8 Å². The molecule has 0 unspecified atom stereocenters. The Morgan fingerprint density at radius 1 is 0.909 bits per heavy atom. The van der Waals surface area contributed by atoms with E-state index in [4.69, 9.17) is 24.3 Å². The number of hydrazone groups is 1. The maximum Gasteiger partial charge on any atom is 0.207 e. The molecule has 0 saturated carbocycles. The molecule has 4 aromatic rings. The minimum atomic E-state index is 0.0548. The summed E-state index contributed by atoms with van der Waals surface area (Å²) in [5.74, 6) is 2.35. The van der Waals surface area contributed by atoms with E-state index in [0.29, 0.717) is 0 Å². The van der Waals surface area contributed by atoms with Gasteiger partial charge in [0.2, 0.25) is 5.13 Å². The van der Waals surface area contributed by atoms with Crippen molar-refractivity contribution in [3.05, 3.63) is 75.8 Å². The van der Waals surface area contributed by atoms with E-state index in [9.17, 15) is 0 Å². The monoisotopic (exact) mass is 477 g/mol. The van der Waals surface area contributed by atoms with Crippen molar-refractivity contribution < 1.29 is 14.2 Å². The number of aromatic nitrogens is 1. The van der Waals surface area contributed by atoms with Gasteiger partial charge >= 0.3 is 0 Å². The number of anilines is 1. The Balaban J connectivity index is 1.53. The number of hydrogen-bond donors (Lipinski definition) is 0. The molecule has 3 heterocycles. The number of rotatable bonds is 7. The van der Waals surface area contributed by atoms with Gasteiger partial charge in [0.1, 0.15) is 17.2 Å². The molecule has 0 saturated heterocycles. The molecular formula is C25H23N3O3S2. The lowest BCUT2D eigenvalue weighted by atomic mass is 10.0. The van der Waals surface area contributed by atoms with Crippen molar-refractivity contribution in [1.82, 2.24) is 4.98 Å². The zero-order valence-electron chi connectivity index (χ0n) is 18.5. The maximum absolute atomic E-state index is 5.57. The van der Waals surface area contributed by atoms with Crippen LogP contribution in [-0.4, -0.2) is 32.0 Å². The van der Waals surface area contributed by atoms with Crippen LogP contribution in [0.1, 0.15) is 22.9 Å². The topological polar surface area (TPSA) is 56.2 Å². The minimum absolute atomic E-state index is 0.0548. The maximum atomic E-state index is 5.57. The van der Waals surface area contributed by atoms with Crippen LogP contribution < -0.4 is 19.2 Å². The van der Waals surface area contributed by atoms with Gasteiger partial charge in [-0.2, -0.15) is 5.10 Å². The summed E-state index contributed by atoms with van der Waals surface area (Å²) >= 11 is 3.28. The van der Waals surface area contributed by atoms with Crippen molar-refractivity contribution in [3.8, 4) is 28.5 Å². The summed E-state index contributed by atoms with van der Waals surface area (Å²) in [6.07, 6.45) is 0.810. The molecule has 0 fully saturated rings. The van der Waals surface area contributed by atoms with E-state index in [1.54, 1.807) is 44.0 Å². The average Bonchev–Trinajstić information content (AvgIpc) is 3.63. The second-order valence-corrected chi connectivity index (χ2v) is 9.23. The molecule has 5 rings (SSSR count). The number of hydrogen-bond acceptors (Lipinski definition) is 8. The zero-order chi connectivity index (χ0) is 22.8. The van der Waals surface area contributed by atoms with Crippen molar-refractivity contribution in [2.75, 3.05) is 26.3 Å². The number of benzene rings is 2. The highest BCUT2D eigenvalue weighted by Gasteiger charge is 2.32. The molecule has 0 N–H and O–H groups in total. The van der Waals surface area contributed by atoms with Crippen molar-refractivity contribution in [2.45, 2.75) is 12.5 Å². The summed E-state index contributed by atoms with van der Waals surface area (Å²) in [5, 5.41) is 12.0. The third kappa shape index (κ3) is 4.19. The fourth-order valence-corrected chi connectivity index (χ4v) is 5.42. The lowest BCUT2D eigenvalue weighted by molar-refractivity contribution is 0.404. The van der Waals surface area contributed by atoms with Gasteiger partial charge in [-0.3, -0.25) is 0 Å². The summed E-state index contributed by atoms with van der Waals surface area (Å²) in [7, 11) is 5.00. The molecule has 1 aliphatic heterocycles. The summed E-state index contributed by atoms with van der Waals surface area (Å²) < 4.78 is 16.3. The van der Waals surface area contributed by atoms with Crippen LogP contribution in [0.25, 0.3) is 11.3 Å². The normalized spacial score (nSPS) is 15.4. The lowest BCUT2D eigenvalue weighted by Crippen LogP contribution is -2.18. The number of ether oxygens (including phenoxy) is 3. The van der Waals surface area contributed by atoms with Gasteiger partial charge in [-0.05, 0) is 47.3 Å². The van der Waals surface area contributed by atoms with Gasteiger partial charge in [0.05, 0.1) is 43.7 Å². The smallest absolute Gasteiger partial charge is 0.207 e. The summed E-state index contributed by atoms with van der Waals surface area (Å²) in [6, 6.07) is 18.1. The van der Waals surface area contributed by atoms with E-state index in [2.05, 4.69) is 29.6 Å². The molecule has 0 aliphatic carbocycles. The Kier molecular flexibility index (Phi) is 6.02. The van der Waals surface area contributed by atoms with Gasteiger partial charge in [0.25, 0.3) is 0 Å². The standard InChI is InChI=1S/C25H23N3O3S2/c1-29-17-8-6-16(7-9-17)22-14-20(24-5-4-12-32-24)27-28(22)25-26-21(15-33-25)19-13-18(30-2)10-11-23(19)31-3/h4-13,15,22H,14H2,1-3H3/t22-/m0/s1. The van der Waals surface area contributed by atoms with Crippen LogP contribution in [0.5, 0.6) is 17.2 Å². The Morgan fingerprint density at radius 2 is 1.70 bits per heavy atom. The number of thiazole rings is 1. The molecule has 0 radical (unpaired) electrons.